The Balaban J connectivity index is 2.43. The van der Waals surface area contributed by atoms with Gasteiger partial charge in [-0.1, -0.05) is 17.7 Å². The minimum absolute atomic E-state index is 0.240. The van der Waals surface area contributed by atoms with Gasteiger partial charge in [0.25, 0.3) is 0 Å². The Bertz CT molecular complexity index is 425. The molecule has 0 saturated heterocycles. The number of nitrogens with one attached hydrogen (secondary N) is 1. The first-order valence-electron chi connectivity index (χ1n) is 5.03. The highest BCUT2D eigenvalue weighted by atomic mass is 32.2. The number of rotatable bonds is 5. The molecule has 0 amide bonds. The maximum absolute atomic E-state index is 10.9. The molecule has 0 heterocycles. The summed E-state index contributed by atoms with van der Waals surface area (Å²) >= 11 is 0. The highest BCUT2D eigenvalue weighted by molar-refractivity contribution is 7.88. The van der Waals surface area contributed by atoms with Gasteiger partial charge in [0.15, 0.2) is 0 Å². The van der Waals surface area contributed by atoms with Gasteiger partial charge in [-0.25, -0.2) is 13.1 Å². The van der Waals surface area contributed by atoms with Crippen LogP contribution in [0.25, 0.3) is 0 Å². The van der Waals surface area contributed by atoms with E-state index in [-0.39, 0.29) is 6.04 Å². The smallest absolute Gasteiger partial charge is 0.209 e. The molecule has 1 N–H and O–H groups in total. The number of ether oxygens (including phenoxy) is 1. The fourth-order valence-corrected chi connectivity index (χ4v) is 2.05. The van der Waals surface area contributed by atoms with Crippen molar-refractivity contribution in [1.29, 1.82) is 0 Å². The Labute approximate surface area is 96.7 Å². The molecule has 0 saturated carbocycles. The van der Waals surface area contributed by atoms with Crippen molar-refractivity contribution in [1.82, 2.24) is 4.72 Å². The van der Waals surface area contributed by atoms with Crippen molar-refractivity contribution in [2.24, 2.45) is 0 Å². The van der Waals surface area contributed by atoms with E-state index in [0.29, 0.717) is 6.61 Å². The zero-order valence-electron chi connectivity index (χ0n) is 9.73. The summed E-state index contributed by atoms with van der Waals surface area (Å²) in [6.45, 7) is 4.07. The van der Waals surface area contributed by atoms with Crippen molar-refractivity contribution in [3.63, 3.8) is 0 Å². The Morgan fingerprint density at radius 2 is 1.88 bits per heavy atom. The van der Waals surface area contributed by atoms with Gasteiger partial charge in [-0.15, -0.1) is 0 Å². The van der Waals surface area contributed by atoms with Crippen molar-refractivity contribution >= 4 is 10.0 Å². The summed E-state index contributed by atoms with van der Waals surface area (Å²) in [4.78, 5) is 0. The molecule has 1 rings (SSSR count). The van der Waals surface area contributed by atoms with E-state index in [9.17, 15) is 8.42 Å². The number of hydrogen-bond donors (Lipinski definition) is 1. The van der Waals surface area contributed by atoms with E-state index in [0.717, 1.165) is 17.6 Å². The molecule has 0 bridgehead atoms. The van der Waals surface area contributed by atoms with E-state index in [4.69, 9.17) is 4.74 Å². The lowest BCUT2D eigenvalue weighted by Gasteiger charge is -2.13. The summed E-state index contributed by atoms with van der Waals surface area (Å²) in [5.74, 6) is 0.743. The van der Waals surface area contributed by atoms with Gasteiger partial charge in [-0.2, -0.15) is 0 Å². The molecule has 0 spiro atoms. The first kappa shape index (κ1) is 13.0. The van der Waals surface area contributed by atoms with Crippen molar-refractivity contribution in [2.45, 2.75) is 19.9 Å². The summed E-state index contributed by atoms with van der Waals surface area (Å²) in [6.07, 6.45) is 1.13. The zero-order chi connectivity index (χ0) is 12.2. The van der Waals surface area contributed by atoms with Crippen molar-refractivity contribution in [3.05, 3.63) is 29.8 Å². The fourth-order valence-electron chi connectivity index (χ4n) is 1.26. The van der Waals surface area contributed by atoms with Crippen LogP contribution in [0.4, 0.5) is 0 Å². The molecular weight excluding hydrogens is 226 g/mol. The monoisotopic (exact) mass is 243 g/mol. The van der Waals surface area contributed by atoms with Gasteiger partial charge in [0.1, 0.15) is 12.4 Å². The van der Waals surface area contributed by atoms with Gasteiger partial charge in [-0.3, -0.25) is 0 Å². The third-order valence-electron chi connectivity index (χ3n) is 1.94. The predicted octanol–water partition coefficient (Wildman–Crippen LogP) is 1.31. The predicted molar refractivity (Wildman–Crippen MR) is 64.1 cm³/mol. The minimum atomic E-state index is -3.16. The Morgan fingerprint density at radius 1 is 1.31 bits per heavy atom. The maximum atomic E-state index is 10.9. The van der Waals surface area contributed by atoms with E-state index in [2.05, 4.69) is 4.72 Å². The molecule has 1 aromatic carbocycles. The van der Waals surface area contributed by atoms with E-state index in [1.54, 1.807) is 6.92 Å². The van der Waals surface area contributed by atoms with Crippen LogP contribution in [0.1, 0.15) is 12.5 Å². The Morgan fingerprint density at radius 3 is 2.38 bits per heavy atom. The largest absolute Gasteiger partial charge is 0.492 e. The normalized spacial score (nSPS) is 13.4. The molecule has 0 unspecified atom stereocenters. The van der Waals surface area contributed by atoms with E-state index >= 15 is 0 Å². The summed E-state index contributed by atoms with van der Waals surface area (Å²) < 4.78 is 29.8. The number of benzene rings is 1. The van der Waals surface area contributed by atoms with Crippen molar-refractivity contribution in [2.75, 3.05) is 12.9 Å². The maximum Gasteiger partial charge on any atom is 0.209 e. The average Bonchev–Trinajstić information content (AvgIpc) is 2.14. The second-order valence-corrected chi connectivity index (χ2v) is 5.70. The van der Waals surface area contributed by atoms with Crippen LogP contribution < -0.4 is 9.46 Å². The van der Waals surface area contributed by atoms with Gasteiger partial charge in [-0.05, 0) is 26.0 Å². The second-order valence-electron chi connectivity index (χ2n) is 3.92. The molecule has 0 aromatic heterocycles. The molecule has 1 aromatic rings. The summed E-state index contributed by atoms with van der Waals surface area (Å²) in [6, 6.07) is 7.38. The Kier molecular flexibility index (Phi) is 4.32. The molecule has 0 fully saturated rings. The van der Waals surface area contributed by atoms with Crippen LogP contribution in [0.2, 0.25) is 0 Å². The van der Waals surface area contributed by atoms with Crippen LogP contribution in [0, 0.1) is 6.92 Å². The topological polar surface area (TPSA) is 55.4 Å². The first-order valence-corrected chi connectivity index (χ1v) is 6.93. The van der Waals surface area contributed by atoms with Gasteiger partial charge in [0.2, 0.25) is 10.0 Å². The van der Waals surface area contributed by atoms with Gasteiger partial charge < -0.3 is 4.74 Å². The highest BCUT2D eigenvalue weighted by Gasteiger charge is 2.08. The van der Waals surface area contributed by atoms with Crippen LogP contribution >= 0.6 is 0 Å². The molecule has 0 radical (unpaired) electrons. The molecule has 0 aliphatic carbocycles. The van der Waals surface area contributed by atoms with Crippen LogP contribution in [0.3, 0.4) is 0 Å². The van der Waals surface area contributed by atoms with Crippen molar-refractivity contribution < 1.29 is 13.2 Å². The van der Waals surface area contributed by atoms with Crippen LogP contribution in [0.15, 0.2) is 24.3 Å². The molecule has 4 nitrogen and oxygen atoms in total. The lowest BCUT2D eigenvalue weighted by molar-refractivity contribution is 0.287. The summed E-state index contributed by atoms with van der Waals surface area (Å²) in [5.41, 5.74) is 1.16. The number of sulfonamides is 1. The molecule has 5 heteroatoms. The van der Waals surface area contributed by atoms with E-state index in [1.165, 1.54) is 0 Å². The third kappa shape index (κ3) is 5.14. The molecule has 0 aliphatic heterocycles. The number of aryl methyl sites for hydroxylation is 1. The third-order valence-corrected chi connectivity index (χ3v) is 2.77. The van der Waals surface area contributed by atoms with Gasteiger partial charge >= 0.3 is 0 Å². The standard InChI is InChI=1S/C11H17NO3S/c1-9-4-6-11(7-5-9)15-8-10(2)12-16(3,13)14/h4-7,10,12H,8H2,1-3H3/t10-/m0/s1. The average molecular weight is 243 g/mol. The second kappa shape index (κ2) is 5.32. The van der Waals surface area contributed by atoms with Crippen LogP contribution in [-0.4, -0.2) is 27.3 Å². The van der Waals surface area contributed by atoms with Crippen LogP contribution in [-0.2, 0) is 10.0 Å². The lowest BCUT2D eigenvalue weighted by Crippen LogP contribution is -2.35. The van der Waals surface area contributed by atoms with Crippen LogP contribution in [0.5, 0.6) is 5.75 Å². The lowest BCUT2D eigenvalue weighted by atomic mass is 10.2. The minimum Gasteiger partial charge on any atom is -0.492 e. The molecular formula is C11H17NO3S. The van der Waals surface area contributed by atoms with E-state index < -0.39 is 10.0 Å². The zero-order valence-corrected chi connectivity index (χ0v) is 10.5. The van der Waals surface area contributed by atoms with E-state index in [1.807, 2.05) is 31.2 Å². The van der Waals surface area contributed by atoms with Crippen molar-refractivity contribution in [3.8, 4) is 5.75 Å². The summed E-state index contributed by atoms with van der Waals surface area (Å²) in [7, 11) is -3.16. The Hall–Kier alpha value is -1.07. The SMILES string of the molecule is Cc1ccc(OC[C@H](C)NS(C)(=O)=O)cc1. The first-order chi connectivity index (χ1) is 7.37. The number of hydrogen-bond acceptors (Lipinski definition) is 3. The quantitative estimate of drug-likeness (QED) is 0.848. The molecule has 1 atom stereocenters. The molecule has 90 valence electrons. The molecule has 0 aliphatic rings. The molecule has 16 heavy (non-hydrogen) atoms. The fraction of sp³-hybridized carbons (Fsp3) is 0.455. The van der Waals surface area contributed by atoms with Gasteiger partial charge in [0, 0.05) is 0 Å². The highest BCUT2D eigenvalue weighted by Crippen LogP contribution is 2.11. The summed E-state index contributed by atoms with van der Waals surface area (Å²) in [5, 5.41) is 0. The van der Waals surface area contributed by atoms with Gasteiger partial charge in [0.05, 0.1) is 12.3 Å².